The van der Waals surface area contributed by atoms with Gasteiger partial charge < -0.3 is 15.3 Å². The number of nitrogens with two attached hydrogens (primary N) is 1. The molecule has 0 aliphatic carbocycles. The van der Waals surface area contributed by atoms with Crippen molar-refractivity contribution in [2.75, 3.05) is 0 Å². The summed E-state index contributed by atoms with van der Waals surface area (Å²) in [6, 6.07) is 20.8. The predicted octanol–water partition coefficient (Wildman–Crippen LogP) is 1.01. The number of carboxylic acids is 2. The number of hydrazine groups is 1. The van der Waals surface area contributed by atoms with Crippen LogP contribution in [0.5, 0.6) is 0 Å². The Labute approximate surface area is 149 Å². The van der Waals surface area contributed by atoms with Gasteiger partial charge in [-0.2, -0.15) is 0 Å². The van der Waals surface area contributed by atoms with Gasteiger partial charge in [-0.05, 0) is 11.1 Å². The summed E-state index contributed by atoms with van der Waals surface area (Å²) < 4.78 is 0. The van der Waals surface area contributed by atoms with E-state index in [1.54, 1.807) is 5.43 Å². The third-order valence-electron chi connectivity index (χ3n) is 3.34. The van der Waals surface area contributed by atoms with Crippen LogP contribution in [-0.4, -0.2) is 38.8 Å². The molecular weight excluding hydrogens is 340 g/mol. The molecule has 0 aliphatic heterocycles. The number of benzene rings is 2. The van der Waals surface area contributed by atoms with Crippen LogP contribution < -0.4 is 11.3 Å². The van der Waals surface area contributed by atoms with Crippen LogP contribution in [0.3, 0.4) is 0 Å². The van der Waals surface area contributed by atoms with Gasteiger partial charge in [0, 0.05) is 0 Å². The average molecular weight is 360 g/mol. The first-order chi connectivity index (χ1) is 12.3. The Bertz CT molecular complexity index is 698. The van der Waals surface area contributed by atoms with Gasteiger partial charge in [0.05, 0.1) is 12.8 Å². The van der Waals surface area contributed by atoms with Crippen molar-refractivity contribution in [3.05, 3.63) is 60.7 Å². The van der Waals surface area contributed by atoms with E-state index in [9.17, 15) is 19.5 Å². The minimum absolute atomic E-state index is 0.912. The number of hydrogen-bond donors (Lipinski definition) is 5. The number of rotatable bonds is 6. The molecule has 1 atom stereocenters. The highest BCUT2D eigenvalue weighted by atomic mass is 16.4. The van der Waals surface area contributed by atoms with E-state index in [4.69, 9.17) is 10.2 Å². The van der Waals surface area contributed by atoms with Crippen LogP contribution in [-0.2, 0) is 14.4 Å². The maximum atomic E-state index is 10.7. The summed E-state index contributed by atoms with van der Waals surface area (Å²) in [5.41, 5.74) is 1.52. The molecule has 8 nitrogen and oxygen atoms in total. The molecule has 6 N–H and O–H groups in total. The van der Waals surface area contributed by atoms with Gasteiger partial charge >= 0.3 is 11.9 Å². The number of hydrogen-bond acceptors (Lipinski definition) is 5. The summed E-state index contributed by atoms with van der Waals surface area (Å²) >= 11 is 0. The Balaban J connectivity index is 0.000000262. The number of carbonyl (C=O) groups is 3. The van der Waals surface area contributed by atoms with Crippen LogP contribution in [0, 0.1) is 0 Å². The lowest BCUT2D eigenvalue weighted by Crippen LogP contribution is -2.46. The lowest BCUT2D eigenvalue weighted by atomic mass is 9.95. The predicted molar refractivity (Wildman–Crippen MR) is 93.7 cm³/mol. The maximum absolute atomic E-state index is 10.7. The van der Waals surface area contributed by atoms with E-state index in [1.807, 2.05) is 12.1 Å². The van der Waals surface area contributed by atoms with Crippen LogP contribution in [0.4, 0.5) is 0 Å². The zero-order chi connectivity index (χ0) is 19.6. The molecule has 0 bridgehead atoms. The normalized spacial score (nSPS) is 12.1. The Morgan fingerprint density at radius 1 is 0.846 bits per heavy atom. The van der Waals surface area contributed by atoms with Crippen LogP contribution in [0.2, 0.25) is 0 Å². The second-order valence-electron chi connectivity index (χ2n) is 5.38. The molecule has 138 valence electrons. The van der Waals surface area contributed by atoms with Crippen LogP contribution in [0.1, 0.15) is 12.8 Å². The van der Waals surface area contributed by atoms with E-state index in [0.717, 1.165) is 0 Å². The summed E-state index contributed by atoms with van der Waals surface area (Å²) in [7, 11) is 0. The molecule has 1 amide bonds. The fourth-order valence-electron chi connectivity index (χ4n) is 2.04. The molecule has 0 aromatic heterocycles. The Morgan fingerprint density at radius 3 is 1.58 bits per heavy atom. The van der Waals surface area contributed by atoms with E-state index in [1.165, 1.54) is 11.1 Å². The number of aliphatic hydroxyl groups is 1. The largest absolute Gasteiger partial charge is 0.481 e. The van der Waals surface area contributed by atoms with Crippen molar-refractivity contribution in [2.45, 2.75) is 18.4 Å². The van der Waals surface area contributed by atoms with Gasteiger partial charge in [0.25, 0.3) is 0 Å². The van der Waals surface area contributed by atoms with E-state index in [-0.39, 0.29) is 0 Å². The molecule has 26 heavy (non-hydrogen) atoms. The fraction of sp³-hybridized carbons (Fsp3) is 0.167. The van der Waals surface area contributed by atoms with Gasteiger partial charge in [-0.3, -0.25) is 15.0 Å². The molecule has 1 unspecified atom stereocenters. The highest BCUT2D eigenvalue weighted by Gasteiger charge is 2.40. The first-order valence-corrected chi connectivity index (χ1v) is 7.56. The summed E-state index contributed by atoms with van der Waals surface area (Å²) in [6.45, 7) is 0. The summed E-state index contributed by atoms with van der Waals surface area (Å²) in [6.07, 6.45) is -1.99. The van der Waals surface area contributed by atoms with Crippen LogP contribution >= 0.6 is 0 Å². The second-order valence-corrected chi connectivity index (χ2v) is 5.38. The monoisotopic (exact) mass is 360 g/mol. The van der Waals surface area contributed by atoms with Crippen molar-refractivity contribution in [1.29, 1.82) is 0 Å². The lowest BCUT2D eigenvalue weighted by Gasteiger charge is -2.19. The third-order valence-corrected chi connectivity index (χ3v) is 3.34. The molecule has 2 aromatic rings. The number of aliphatic carboxylic acids is 2. The molecule has 0 radical (unpaired) electrons. The molecule has 0 heterocycles. The van der Waals surface area contributed by atoms with Crippen molar-refractivity contribution >= 4 is 17.8 Å². The topological polar surface area (TPSA) is 150 Å². The molecule has 2 aromatic carbocycles. The molecule has 0 fully saturated rings. The Kier molecular flexibility index (Phi) is 7.94. The third kappa shape index (κ3) is 6.71. The van der Waals surface area contributed by atoms with Crippen molar-refractivity contribution in [2.24, 2.45) is 5.84 Å². The van der Waals surface area contributed by atoms with Gasteiger partial charge in [0.1, 0.15) is 0 Å². The molecule has 0 aliphatic rings. The number of nitrogens with one attached hydrogen (secondary N) is 1. The highest BCUT2D eigenvalue weighted by molar-refractivity contribution is 5.89. The number of amides is 1. The summed E-state index contributed by atoms with van der Waals surface area (Å²) in [5.74, 6) is 0.381. The van der Waals surface area contributed by atoms with E-state index in [0.29, 0.717) is 0 Å². The quantitative estimate of drug-likeness (QED) is 0.293. The highest BCUT2D eigenvalue weighted by Crippen LogP contribution is 2.17. The standard InChI is InChI=1S/C12H10.C6H10N2O6/c1-3-7-11(8-4-1)12-9-5-2-6-10-12;7-8-3(9)1-6(14,5(12)13)2-4(10)11/h1-10H;14H,1-2,7H2,(H,8,9)(H,10,11)(H,12,13). The van der Waals surface area contributed by atoms with E-state index in [2.05, 4.69) is 54.4 Å². The van der Waals surface area contributed by atoms with E-state index >= 15 is 0 Å². The summed E-state index contributed by atoms with van der Waals surface area (Å²) in [4.78, 5) is 31.3. The van der Waals surface area contributed by atoms with Crippen molar-refractivity contribution < 1.29 is 29.7 Å². The van der Waals surface area contributed by atoms with Gasteiger partial charge in [-0.1, -0.05) is 60.7 Å². The van der Waals surface area contributed by atoms with Crippen LogP contribution in [0.25, 0.3) is 11.1 Å². The van der Waals surface area contributed by atoms with Gasteiger partial charge in [-0.25, -0.2) is 10.6 Å². The molecule has 8 heteroatoms. The van der Waals surface area contributed by atoms with Crippen molar-refractivity contribution in [1.82, 2.24) is 5.43 Å². The minimum Gasteiger partial charge on any atom is -0.481 e. The lowest BCUT2D eigenvalue weighted by molar-refractivity contribution is -0.167. The minimum atomic E-state index is -2.63. The fourth-order valence-corrected chi connectivity index (χ4v) is 2.04. The first kappa shape index (κ1) is 20.8. The zero-order valence-corrected chi connectivity index (χ0v) is 13.8. The number of carboxylic acid groups (broad SMARTS) is 2. The van der Waals surface area contributed by atoms with Gasteiger partial charge in [0.15, 0.2) is 5.60 Å². The van der Waals surface area contributed by atoms with E-state index < -0.39 is 36.3 Å². The SMILES string of the molecule is NNC(=O)CC(O)(CC(=O)O)C(=O)O.c1ccc(-c2ccccc2)cc1. The van der Waals surface area contributed by atoms with Gasteiger partial charge in [-0.15, -0.1) is 0 Å². The maximum Gasteiger partial charge on any atom is 0.336 e. The Hall–Kier alpha value is -3.23. The molecule has 2 rings (SSSR count). The zero-order valence-electron chi connectivity index (χ0n) is 13.8. The van der Waals surface area contributed by atoms with Gasteiger partial charge in [0.2, 0.25) is 5.91 Å². The molecule has 0 saturated carbocycles. The van der Waals surface area contributed by atoms with Crippen molar-refractivity contribution in [3.63, 3.8) is 0 Å². The molecular formula is C18H20N2O6. The van der Waals surface area contributed by atoms with Crippen LogP contribution in [0.15, 0.2) is 60.7 Å². The summed E-state index contributed by atoms with van der Waals surface area (Å²) in [5, 5.41) is 26.1. The smallest absolute Gasteiger partial charge is 0.336 e. The number of carbonyl (C=O) groups excluding carboxylic acids is 1. The van der Waals surface area contributed by atoms with Crippen molar-refractivity contribution in [3.8, 4) is 11.1 Å². The first-order valence-electron chi connectivity index (χ1n) is 7.56. The molecule has 0 saturated heterocycles. The average Bonchev–Trinajstić information content (AvgIpc) is 2.63. The Morgan fingerprint density at radius 2 is 1.27 bits per heavy atom. The second kappa shape index (κ2) is 9.92. The molecule has 0 spiro atoms.